The lowest BCUT2D eigenvalue weighted by Crippen LogP contribution is -1.89. The van der Waals surface area contributed by atoms with Gasteiger partial charge >= 0.3 is 0 Å². The van der Waals surface area contributed by atoms with Crippen molar-refractivity contribution < 1.29 is 4.74 Å². The van der Waals surface area contributed by atoms with Gasteiger partial charge in [0.25, 0.3) is 0 Å². The summed E-state index contributed by atoms with van der Waals surface area (Å²) in [6.07, 6.45) is 0. The zero-order valence-electron chi connectivity index (χ0n) is 9.37. The normalized spacial score (nSPS) is 10.5. The Kier molecular flexibility index (Phi) is 3.17. The highest BCUT2D eigenvalue weighted by atomic mass is 35.5. The Labute approximate surface area is 104 Å². The molecule has 2 rings (SSSR count). The minimum Gasteiger partial charge on any atom is -0.495 e. The van der Waals surface area contributed by atoms with E-state index < -0.39 is 0 Å². The highest BCUT2D eigenvalue weighted by Crippen LogP contribution is 2.34. The lowest BCUT2D eigenvalue weighted by molar-refractivity contribution is 0.415. The van der Waals surface area contributed by atoms with E-state index in [1.165, 1.54) is 0 Å². The van der Waals surface area contributed by atoms with Crippen molar-refractivity contribution in [2.75, 3.05) is 7.11 Å². The number of halogens is 1. The number of nitrogens with zero attached hydrogens (tertiary/aromatic N) is 1. The monoisotopic (exact) mass is 253 g/mol. The summed E-state index contributed by atoms with van der Waals surface area (Å²) in [4.78, 5) is 4.46. The Morgan fingerprint density at radius 3 is 2.62 bits per heavy atom. The Morgan fingerprint density at radius 2 is 2.06 bits per heavy atom. The van der Waals surface area contributed by atoms with Crippen molar-refractivity contribution in [2.45, 2.75) is 13.8 Å². The summed E-state index contributed by atoms with van der Waals surface area (Å²) < 4.78 is 5.17. The van der Waals surface area contributed by atoms with Crippen molar-refractivity contribution in [2.24, 2.45) is 0 Å². The topological polar surface area (TPSA) is 22.1 Å². The Bertz CT molecular complexity index is 522. The average Bonchev–Trinajstić information content (AvgIpc) is 2.67. The molecule has 0 radical (unpaired) electrons. The van der Waals surface area contributed by atoms with E-state index in [0.717, 1.165) is 21.8 Å². The van der Waals surface area contributed by atoms with E-state index in [9.17, 15) is 0 Å². The predicted octanol–water partition coefficient (Wildman–Crippen LogP) is 4.09. The number of aromatic nitrogens is 1. The maximum absolute atomic E-state index is 6.11. The second-order valence-electron chi connectivity index (χ2n) is 3.60. The molecule has 0 fully saturated rings. The first-order chi connectivity index (χ1) is 7.61. The van der Waals surface area contributed by atoms with Crippen molar-refractivity contribution in [1.29, 1.82) is 0 Å². The minimum atomic E-state index is 0.621. The van der Waals surface area contributed by atoms with Crippen LogP contribution in [0.15, 0.2) is 17.5 Å². The SMILES string of the molecule is COc1cc(C)c(-c2nc(C)cs2)cc1Cl. The van der Waals surface area contributed by atoms with Gasteiger partial charge in [-0.1, -0.05) is 11.6 Å². The fourth-order valence-corrected chi connectivity index (χ4v) is 2.64. The quantitative estimate of drug-likeness (QED) is 0.804. The number of ether oxygens (including phenoxy) is 1. The summed E-state index contributed by atoms with van der Waals surface area (Å²) in [5, 5.41) is 3.66. The molecule has 0 spiro atoms. The molecule has 1 aromatic heterocycles. The van der Waals surface area contributed by atoms with Gasteiger partial charge in [0.1, 0.15) is 10.8 Å². The van der Waals surface area contributed by atoms with Crippen LogP contribution < -0.4 is 4.74 Å². The van der Waals surface area contributed by atoms with Crippen LogP contribution in [0.1, 0.15) is 11.3 Å². The number of methoxy groups -OCH3 is 1. The zero-order chi connectivity index (χ0) is 11.7. The smallest absolute Gasteiger partial charge is 0.137 e. The molecular formula is C12H12ClNOS. The van der Waals surface area contributed by atoms with E-state index in [1.807, 2.05) is 31.4 Å². The van der Waals surface area contributed by atoms with E-state index >= 15 is 0 Å². The molecule has 0 aliphatic rings. The lowest BCUT2D eigenvalue weighted by atomic mass is 10.1. The molecule has 84 valence electrons. The van der Waals surface area contributed by atoms with Gasteiger partial charge in [0.05, 0.1) is 12.1 Å². The van der Waals surface area contributed by atoms with E-state index in [4.69, 9.17) is 16.3 Å². The van der Waals surface area contributed by atoms with Gasteiger partial charge in [0.15, 0.2) is 0 Å². The molecule has 1 heterocycles. The third kappa shape index (κ3) is 2.06. The van der Waals surface area contributed by atoms with Crippen LogP contribution in [-0.2, 0) is 0 Å². The lowest BCUT2D eigenvalue weighted by Gasteiger charge is -2.08. The summed E-state index contributed by atoms with van der Waals surface area (Å²) >= 11 is 7.74. The fourth-order valence-electron chi connectivity index (χ4n) is 1.52. The van der Waals surface area contributed by atoms with Crippen LogP contribution in [0, 0.1) is 13.8 Å². The average molecular weight is 254 g/mol. The first-order valence-corrected chi connectivity index (χ1v) is 6.14. The molecule has 0 unspecified atom stereocenters. The van der Waals surface area contributed by atoms with Crippen LogP contribution in [0.4, 0.5) is 0 Å². The van der Waals surface area contributed by atoms with Gasteiger partial charge in [-0.25, -0.2) is 4.98 Å². The molecule has 2 aromatic rings. The van der Waals surface area contributed by atoms with Crippen molar-refractivity contribution in [3.8, 4) is 16.3 Å². The van der Waals surface area contributed by atoms with Gasteiger partial charge in [0.2, 0.25) is 0 Å². The number of aryl methyl sites for hydroxylation is 2. The highest BCUT2D eigenvalue weighted by Gasteiger charge is 2.10. The van der Waals surface area contributed by atoms with E-state index in [-0.39, 0.29) is 0 Å². The highest BCUT2D eigenvalue weighted by molar-refractivity contribution is 7.13. The summed E-state index contributed by atoms with van der Waals surface area (Å²) in [7, 11) is 1.62. The van der Waals surface area contributed by atoms with E-state index in [0.29, 0.717) is 10.8 Å². The summed E-state index contributed by atoms with van der Waals surface area (Å²) in [6.45, 7) is 4.02. The molecule has 4 heteroatoms. The molecule has 0 aliphatic heterocycles. The van der Waals surface area contributed by atoms with Crippen molar-refractivity contribution >= 4 is 22.9 Å². The summed E-state index contributed by atoms with van der Waals surface area (Å²) in [5.74, 6) is 0.705. The summed E-state index contributed by atoms with van der Waals surface area (Å²) in [5.41, 5.74) is 3.23. The number of rotatable bonds is 2. The van der Waals surface area contributed by atoms with Crippen molar-refractivity contribution in [3.05, 3.63) is 33.8 Å². The van der Waals surface area contributed by atoms with Crippen LogP contribution in [0.25, 0.3) is 10.6 Å². The molecule has 0 amide bonds. The zero-order valence-corrected chi connectivity index (χ0v) is 10.9. The third-order valence-corrected chi connectivity index (χ3v) is 3.64. The number of hydrogen-bond donors (Lipinski definition) is 0. The van der Waals surface area contributed by atoms with Crippen molar-refractivity contribution in [3.63, 3.8) is 0 Å². The third-order valence-electron chi connectivity index (χ3n) is 2.35. The number of thiazole rings is 1. The second-order valence-corrected chi connectivity index (χ2v) is 4.86. The van der Waals surface area contributed by atoms with E-state index in [2.05, 4.69) is 4.98 Å². The molecule has 0 N–H and O–H groups in total. The Morgan fingerprint density at radius 1 is 1.31 bits per heavy atom. The van der Waals surface area contributed by atoms with Crippen LogP contribution in [0.2, 0.25) is 5.02 Å². The summed E-state index contributed by atoms with van der Waals surface area (Å²) in [6, 6.07) is 3.85. The second kappa shape index (κ2) is 4.44. The maximum atomic E-state index is 6.11. The molecule has 0 saturated carbocycles. The molecule has 0 saturated heterocycles. The van der Waals surface area contributed by atoms with Gasteiger partial charge in [0, 0.05) is 16.6 Å². The predicted molar refractivity (Wildman–Crippen MR) is 68.6 cm³/mol. The molecule has 16 heavy (non-hydrogen) atoms. The molecule has 0 atom stereocenters. The molecule has 0 bridgehead atoms. The number of hydrogen-bond acceptors (Lipinski definition) is 3. The first-order valence-electron chi connectivity index (χ1n) is 4.88. The van der Waals surface area contributed by atoms with Crippen LogP contribution in [0.3, 0.4) is 0 Å². The molecule has 1 aromatic carbocycles. The van der Waals surface area contributed by atoms with Crippen molar-refractivity contribution in [1.82, 2.24) is 4.98 Å². The molecule has 0 aliphatic carbocycles. The van der Waals surface area contributed by atoms with Crippen LogP contribution in [-0.4, -0.2) is 12.1 Å². The Hall–Kier alpha value is -1.06. The van der Waals surface area contributed by atoms with Gasteiger partial charge < -0.3 is 4.74 Å². The van der Waals surface area contributed by atoms with Gasteiger partial charge in [-0.15, -0.1) is 11.3 Å². The standard InChI is InChI=1S/C12H12ClNOS/c1-7-4-11(15-3)10(13)5-9(7)12-14-8(2)6-16-12/h4-6H,1-3H3. The van der Waals surface area contributed by atoms with Gasteiger partial charge in [-0.2, -0.15) is 0 Å². The molecular weight excluding hydrogens is 242 g/mol. The largest absolute Gasteiger partial charge is 0.495 e. The van der Waals surface area contributed by atoms with E-state index in [1.54, 1.807) is 18.4 Å². The van der Waals surface area contributed by atoms with Crippen LogP contribution in [0.5, 0.6) is 5.75 Å². The Balaban J connectivity index is 2.54. The van der Waals surface area contributed by atoms with Crippen LogP contribution >= 0.6 is 22.9 Å². The molecule has 2 nitrogen and oxygen atoms in total. The first kappa shape index (κ1) is 11.4. The van der Waals surface area contributed by atoms with Gasteiger partial charge in [-0.05, 0) is 31.5 Å². The maximum Gasteiger partial charge on any atom is 0.137 e. The fraction of sp³-hybridized carbons (Fsp3) is 0.250. The van der Waals surface area contributed by atoms with Gasteiger partial charge in [-0.3, -0.25) is 0 Å². The number of benzene rings is 1. The minimum absolute atomic E-state index is 0.621.